The number of hydrogen-bond donors (Lipinski definition) is 2. The minimum absolute atomic E-state index is 0.295. The molecule has 130 valence electrons. The van der Waals surface area contributed by atoms with Gasteiger partial charge >= 0.3 is 0 Å². The number of ether oxygens (including phenoxy) is 2. The van der Waals surface area contributed by atoms with Crippen molar-refractivity contribution >= 4 is 28.7 Å². The molecule has 0 aromatic heterocycles. The fourth-order valence-corrected chi connectivity index (χ4v) is 2.87. The Morgan fingerprint density at radius 3 is 2.44 bits per heavy atom. The predicted octanol–water partition coefficient (Wildman–Crippen LogP) is 3.48. The standard InChI is InChI=1S/C18H18FN3O2S/c1-23-16-9-11-3-8-15(14(11)10-17(16)24-2)21-22-18(25)20-13-6-4-12(19)5-7-13/h4-7,9-10H,3,8H2,1-2H3,(H2,20,22,25)/b21-15+. The first kappa shape index (κ1) is 17.2. The summed E-state index contributed by atoms with van der Waals surface area (Å²) in [6, 6.07) is 9.86. The van der Waals surface area contributed by atoms with Gasteiger partial charge in [-0.15, -0.1) is 0 Å². The van der Waals surface area contributed by atoms with E-state index >= 15 is 0 Å². The molecule has 0 radical (unpaired) electrons. The summed E-state index contributed by atoms with van der Waals surface area (Å²) in [5.74, 6) is 1.09. The Morgan fingerprint density at radius 1 is 1.08 bits per heavy atom. The zero-order valence-electron chi connectivity index (χ0n) is 13.9. The maximum absolute atomic E-state index is 12.9. The highest BCUT2D eigenvalue weighted by molar-refractivity contribution is 7.80. The van der Waals surface area contributed by atoms with Crippen LogP contribution in [0.4, 0.5) is 10.1 Å². The molecule has 0 saturated heterocycles. The van der Waals surface area contributed by atoms with Gasteiger partial charge < -0.3 is 14.8 Å². The molecule has 3 rings (SSSR count). The van der Waals surface area contributed by atoms with Crippen LogP contribution in [0.5, 0.6) is 11.5 Å². The molecule has 1 aliphatic rings. The molecule has 2 aromatic carbocycles. The molecule has 0 aliphatic heterocycles. The van der Waals surface area contributed by atoms with Crippen LogP contribution in [0.25, 0.3) is 0 Å². The summed E-state index contributed by atoms with van der Waals surface area (Å²) in [6.07, 6.45) is 1.69. The van der Waals surface area contributed by atoms with Gasteiger partial charge in [0.1, 0.15) is 5.82 Å². The van der Waals surface area contributed by atoms with Crippen LogP contribution in [-0.4, -0.2) is 25.0 Å². The molecule has 5 nitrogen and oxygen atoms in total. The molecular weight excluding hydrogens is 341 g/mol. The largest absolute Gasteiger partial charge is 0.493 e. The van der Waals surface area contributed by atoms with Crippen LogP contribution >= 0.6 is 12.2 Å². The molecule has 0 amide bonds. The lowest BCUT2D eigenvalue weighted by Crippen LogP contribution is -2.25. The molecule has 2 aromatic rings. The smallest absolute Gasteiger partial charge is 0.191 e. The number of hydrazone groups is 1. The maximum atomic E-state index is 12.9. The number of nitrogens with zero attached hydrogens (tertiary/aromatic N) is 1. The van der Waals surface area contributed by atoms with Crippen molar-refractivity contribution in [3.8, 4) is 11.5 Å². The van der Waals surface area contributed by atoms with Gasteiger partial charge in [-0.25, -0.2) is 4.39 Å². The molecular formula is C18H18FN3O2S. The molecule has 7 heteroatoms. The maximum Gasteiger partial charge on any atom is 0.191 e. The van der Waals surface area contributed by atoms with E-state index in [-0.39, 0.29) is 5.82 Å². The predicted molar refractivity (Wildman–Crippen MR) is 100 cm³/mol. The van der Waals surface area contributed by atoms with Gasteiger partial charge in [-0.05, 0) is 67.0 Å². The lowest BCUT2D eigenvalue weighted by molar-refractivity contribution is 0.354. The molecule has 0 atom stereocenters. The molecule has 0 fully saturated rings. The number of hydrogen-bond acceptors (Lipinski definition) is 4. The van der Waals surface area contributed by atoms with Gasteiger partial charge in [-0.1, -0.05) is 0 Å². The van der Waals surface area contributed by atoms with Crippen LogP contribution in [0.15, 0.2) is 41.5 Å². The first-order chi connectivity index (χ1) is 12.1. The topological polar surface area (TPSA) is 54.9 Å². The minimum atomic E-state index is -0.295. The van der Waals surface area contributed by atoms with Gasteiger partial charge in [0.2, 0.25) is 0 Å². The number of thiocarbonyl (C=S) groups is 1. The average Bonchev–Trinajstić information content (AvgIpc) is 3.02. The third kappa shape index (κ3) is 3.88. The highest BCUT2D eigenvalue weighted by Crippen LogP contribution is 2.34. The lowest BCUT2D eigenvalue weighted by Gasteiger charge is -2.11. The number of aryl methyl sites for hydroxylation is 1. The van der Waals surface area contributed by atoms with E-state index in [2.05, 4.69) is 15.8 Å². The summed E-state index contributed by atoms with van der Waals surface area (Å²) >= 11 is 5.22. The highest BCUT2D eigenvalue weighted by Gasteiger charge is 2.21. The monoisotopic (exact) mass is 359 g/mol. The number of halogens is 1. The van der Waals surface area contributed by atoms with Crippen molar-refractivity contribution in [3.63, 3.8) is 0 Å². The molecule has 0 heterocycles. The van der Waals surface area contributed by atoms with Crippen LogP contribution in [0.1, 0.15) is 17.5 Å². The second-order valence-electron chi connectivity index (χ2n) is 5.50. The summed E-state index contributed by atoms with van der Waals surface area (Å²) in [5.41, 5.74) is 6.62. The number of fused-ring (bicyclic) bond motifs is 1. The fourth-order valence-electron chi connectivity index (χ4n) is 2.71. The quantitative estimate of drug-likeness (QED) is 0.647. The SMILES string of the molecule is COc1cc2c(cc1OC)/C(=N/NC(=S)Nc1ccc(F)cc1)CC2. The third-order valence-electron chi connectivity index (χ3n) is 3.95. The van der Waals surface area contributed by atoms with Crippen molar-refractivity contribution in [1.29, 1.82) is 0 Å². The summed E-state index contributed by atoms with van der Waals surface area (Å²) in [7, 11) is 3.23. The number of nitrogens with one attached hydrogen (secondary N) is 2. The van der Waals surface area contributed by atoms with Gasteiger partial charge in [0.05, 0.1) is 19.9 Å². The zero-order valence-corrected chi connectivity index (χ0v) is 14.7. The summed E-state index contributed by atoms with van der Waals surface area (Å²) in [4.78, 5) is 0. The van der Waals surface area contributed by atoms with Crippen LogP contribution in [0, 0.1) is 5.82 Å². The number of methoxy groups -OCH3 is 2. The Balaban J connectivity index is 1.71. The van der Waals surface area contributed by atoms with Gasteiger partial charge in [0.15, 0.2) is 16.6 Å². The van der Waals surface area contributed by atoms with E-state index in [1.54, 1.807) is 26.4 Å². The Labute approximate surface area is 150 Å². The van der Waals surface area contributed by atoms with Crippen LogP contribution < -0.4 is 20.2 Å². The first-order valence-corrected chi connectivity index (χ1v) is 8.16. The summed E-state index contributed by atoms with van der Waals surface area (Å²) in [5, 5.41) is 7.70. The van der Waals surface area contributed by atoms with E-state index in [4.69, 9.17) is 21.7 Å². The molecule has 25 heavy (non-hydrogen) atoms. The van der Waals surface area contributed by atoms with Gasteiger partial charge in [-0.2, -0.15) is 5.10 Å². The average molecular weight is 359 g/mol. The first-order valence-electron chi connectivity index (χ1n) is 7.75. The normalized spacial score (nSPS) is 14.1. The number of anilines is 1. The van der Waals surface area contributed by atoms with E-state index in [0.29, 0.717) is 22.3 Å². The van der Waals surface area contributed by atoms with Gasteiger partial charge in [-0.3, -0.25) is 5.43 Å². The molecule has 1 aliphatic carbocycles. The zero-order chi connectivity index (χ0) is 17.8. The molecule has 0 saturated carbocycles. The van der Waals surface area contributed by atoms with E-state index in [1.807, 2.05) is 12.1 Å². The summed E-state index contributed by atoms with van der Waals surface area (Å²) < 4.78 is 23.6. The lowest BCUT2D eigenvalue weighted by atomic mass is 10.1. The fraction of sp³-hybridized carbons (Fsp3) is 0.222. The van der Waals surface area contributed by atoms with E-state index in [1.165, 1.54) is 12.1 Å². The van der Waals surface area contributed by atoms with Crippen LogP contribution in [0.2, 0.25) is 0 Å². The van der Waals surface area contributed by atoms with Crippen molar-refractivity contribution < 1.29 is 13.9 Å². The molecule has 0 unspecified atom stereocenters. The number of benzene rings is 2. The van der Waals surface area contributed by atoms with E-state index in [9.17, 15) is 4.39 Å². The second kappa shape index (κ2) is 7.48. The van der Waals surface area contributed by atoms with E-state index < -0.39 is 0 Å². The summed E-state index contributed by atoms with van der Waals surface area (Å²) in [6.45, 7) is 0. The van der Waals surface area contributed by atoms with Crippen molar-refractivity contribution in [2.24, 2.45) is 5.10 Å². The van der Waals surface area contributed by atoms with Crippen molar-refractivity contribution in [2.75, 3.05) is 19.5 Å². The van der Waals surface area contributed by atoms with Crippen molar-refractivity contribution in [3.05, 3.63) is 53.3 Å². The second-order valence-corrected chi connectivity index (χ2v) is 5.90. The Kier molecular flexibility index (Phi) is 5.14. The highest BCUT2D eigenvalue weighted by atomic mass is 32.1. The van der Waals surface area contributed by atoms with Crippen molar-refractivity contribution in [2.45, 2.75) is 12.8 Å². The van der Waals surface area contributed by atoms with E-state index in [0.717, 1.165) is 29.7 Å². The van der Waals surface area contributed by atoms with Crippen LogP contribution in [0.3, 0.4) is 0 Å². The van der Waals surface area contributed by atoms with Gasteiger partial charge in [0.25, 0.3) is 0 Å². The number of rotatable bonds is 4. The Morgan fingerprint density at radius 2 is 1.76 bits per heavy atom. The Bertz CT molecular complexity index is 822. The van der Waals surface area contributed by atoms with Crippen molar-refractivity contribution in [1.82, 2.24) is 5.43 Å². The third-order valence-corrected chi connectivity index (χ3v) is 4.14. The Hall–Kier alpha value is -2.67. The molecule has 2 N–H and O–H groups in total. The molecule has 0 spiro atoms. The molecule has 0 bridgehead atoms. The van der Waals surface area contributed by atoms with Gasteiger partial charge in [0, 0.05) is 11.3 Å². The minimum Gasteiger partial charge on any atom is -0.493 e. The van der Waals surface area contributed by atoms with Crippen LogP contribution in [-0.2, 0) is 6.42 Å².